The van der Waals surface area contributed by atoms with Crippen LogP contribution in [0.1, 0.15) is 23.7 Å². The summed E-state index contributed by atoms with van der Waals surface area (Å²) in [6, 6.07) is 4.83. The summed E-state index contributed by atoms with van der Waals surface area (Å²) >= 11 is 0. The molecule has 1 aliphatic rings. The Hall–Kier alpha value is -2.08. The molecule has 0 fully saturated rings. The Labute approximate surface area is 123 Å². The second-order valence-corrected chi connectivity index (χ2v) is 5.08. The number of hydrogen-bond donors (Lipinski definition) is 2. The van der Waals surface area contributed by atoms with E-state index < -0.39 is 12.0 Å². The number of carbonyl (C=O) groups is 2. The van der Waals surface area contributed by atoms with Crippen molar-refractivity contribution < 1.29 is 19.4 Å². The van der Waals surface area contributed by atoms with Crippen molar-refractivity contribution in [3.63, 3.8) is 0 Å². The van der Waals surface area contributed by atoms with E-state index in [2.05, 4.69) is 5.32 Å². The van der Waals surface area contributed by atoms with Gasteiger partial charge in [-0.2, -0.15) is 0 Å². The molecular weight excluding hydrogens is 272 g/mol. The lowest BCUT2D eigenvalue weighted by Gasteiger charge is -2.25. The molecule has 0 radical (unpaired) electrons. The molecule has 0 saturated carbocycles. The van der Waals surface area contributed by atoms with Crippen molar-refractivity contribution in [1.29, 1.82) is 0 Å². The van der Waals surface area contributed by atoms with Gasteiger partial charge in [0.05, 0.1) is 18.3 Å². The van der Waals surface area contributed by atoms with Gasteiger partial charge in [0.25, 0.3) is 0 Å². The normalized spacial score (nSPS) is 14.8. The van der Waals surface area contributed by atoms with Crippen LogP contribution in [-0.2, 0) is 4.79 Å². The molecule has 0 amide bonds. The maximum atomic E-state index is 12.6. The minimum Gasteiger partial charge on any atom is -0.490 e. The highest BCUT2D eigenvalue weighted by Gasteiger charge is 2.25. The van der Waals surface area contributed by atoms with E-state index in [4.69, 9.17) is 9.84 Å². The van der Waals surface area contributed by atoms with Crippen molar-refractivity contribution in [2.45, 2.75) is 19.4 Å². The minimum absolute atomic E-state index is 0.0728. The summed E-state index contributed by atoms with van der Waals surface area (Å²) in [4.78, 5) is 24.9. The Kier molecular flexibility index (Phi) is 4.80. The molecule has 2 N–H and O–H groups in total. The van der Waals surface area contributed by atoms with Crippen molar-refractivity contribution in [2.24, 2.45) is 0 Å². The number of fused-ring (bicyclic) bond motifs is 1. The number of ketones is 1. The first-order valence-corrected chi connectivity index (χ1v) is 7.00. The SMILES string of the molecule is CCC(C(=O)c1ccc2c(c1)NCCO2)N(C)CC(=O)O. The number of carbonyl (C=O) groups excluding carboxylic acids is 1. The summed E-state index contributed by atoms with van der Waals surface area (Å²) in [6.07, 6.45) is 0.559. The predicted octanol–water partition coefficient (Wildman–Crippen LogP) is 1.47. The summed E-state index contributed by atoms with van der Waals surface area (Å²) in [5.41, 5.74) is 1.37. The van der Waals surface area contributed by atoms with E-state index in [-0.39, 0.29) is 12.3 Å². The lowest BCUT2D eigenvalue weighted by atomic mass is 10.00. The molecule has 1 atom stereocenters. The quantitative estimate of drug-likeness (QED) is 0.773. The maximum absolute atomic E-state index is 12.6. The van der Waals surface area contributed by atoms with E-state index >= 15 is 0 Å². The van der Waals surface area contributed by atoms with Gasteiger partial charge in [-0.1, -0.05) is 6.92 Å². The third-order valence-electron chi connectivity index (χ3n) is 3.55. The minimum atomic E-state index is -0.941. The van der Waals surface area contributed by atoms with E-state index in [1.807, 2.05) is 6.92 Å². The highest BCUT2D eigenvalue weighted by atomic mass is 16.5. The third-order valence-corrected chi connectivity index (χ3v) is 3.55. The first-order valence-electron chi connectivity index (χ1n) is 7.00. The van der Waals surface area contributed by atoms with Crippen molar-refractivity contribution in [1.82, 2.24) is 4.90 Å². The number of nitrogens with zero attached hydrogens (tertiary/aromatic N) is 1. The van der Waals surface area contributed by atoms with Crippen molar-refractivity contribution >= 4 is 17.4 Å². The number of hydrogen-bond acceptors (Lipinski definition) is 5. The average molecular weight is 292 g/mol. The highest BCUT2D eigenvalue weighted by molar-refractivity contribution is 6.01. The molecule has 2 rings (SSSR count). The van der Waals surface area contributed by atoms with Crippen LogP contribution in [0.3, 0.4) is 0 Å². The fourth-order valence-electron chi connectivity index (χ4n) is 2.51. The topological polar surface area (TPSA) is 78.9 Å². The Morgan fingerprint density at radius 3 is 2.90 bits per heavy atom. The van der Waals surface area contributed by atoms with Crippen LogP contribution in [0.25, 0.3) is 0 Å². The van der Waals surface area contributed by atoms with Crippen LogP contribution in [0.15, 0.2) is 18.2 Å². The maximum Gasteiger partial charge on any atom is 0.317 e. The number of anilines is 1. The van der Waals surface area contributed by atoms with Crippen molar-refractivity contribution in [3.05, 3.63) is 23.8 Å². The molecule has 1 heterocycles. The molecule has 21 heavy (non-hydrogen) atoms. The number of likely N-dealkylation sites (N-methyl/N-ethyl adjacent to an activating group) is 1. The Morgan fingerprint density at radius 1 is 1.48 bits per heavy atom. The van der Waals surface area contributed by atoms with Gasteiger partial charge in [-0.25, -0.2) is 0 Å². The van der Waals surface area contributed by atoms with E-state index in [1.54, 1.807) is 30.1 Å². The molecule has 6 heteroatoms. The highest BCUT2D eigenvalue weighted by Crippen LogP contribution is 2.28. The van der Waals surface area contributed by atoms with Gasteiger partial charge in [0, 0.05) is 12.1 Å². The first-order chi connectivity index (χ1) is 10.0. The van der Waals surface area contributed by atoms with Gasteiger partial charge in [0.1, 0.15) is 12.4 Å². The standard InChI is InChI=1S/C15H20N2O4/c1-3-12(17(2)9-14(18)19)15(20)10-4-5-13-11(8-10)16-6-7-21-13/h4-5,8,12,16H,3,6-7,9H2,1-2H3,(H,18,19). The summed E-state index contributed by atoms with van der Waals surface area (Å²) in [5.74, 6) is -0.273. The zero-order valence-electron chi connectivity index (χ0n) is 12.3. The van der Waals surface area contributed by atoms with Gasteiger partial charge in [-0.05, 0) is 31.7 Å². The molecule has 1 aromatic carbocycles. The van der Waals surface area contributed by atoms with Gasteiger partial charge >= 0.3 is 5.97 Å². The number of aliphatic carboxylic acids is 1. The number of ether oxygens (including phenoxy) is 1. The molecular formula is C15H20N2O4. The van der Waals surface area contributed by atoms with Crippen LogP contribution in [0.4, 0.5) is 5.69 Å². The Morgan fingerprint density at radius 2 is 2.24 bits per heavy atom. The number of nitrogens with one attached hydrogen (secondary N) is 1. The van der Waals surface area contributed by atoms with Crippen LogP contribution in [0, 0.1) is 0 Å². The van der Waals surface area contributed by atoms with Gasteiger partial charge in [0.15, 0.2) is 5.78 Å². The summed E-state index contributed by atoms with van der Waals surface area (Å²) in [7, 11) is 1.65. The predicted molar refractivity (Wildman–Crippen MR) is 79.1 cm³/mol. The van der Waals surface area contributed by atoms with Crippen molar-refractivity contribution in [2.75, 3.05) is 32.1 Å². The number of Topliss-reactive ketones (excluding diaryl/α,β-unsaturated/α-hetero) is 1. The monoisotopic (exact) mass is 292 g/mol. The molecule has 6 nitrogen and oxygen atoms in total. The molecule has 0 aromatic heterocycles. The number of rotatable bonds is 6. The average Bonchev–Trinajstić information content (AvgIpc) is 2.46. The lowest BCUT2D eigenvalue weighted by molar-refractivity contribution is -0.138. The fraction of sp³-hybridized carbons (Fsp3) is 0.467. The third kappa shape index (κ3) is 3.52. The molecule has 114 valence electrons. The van der Waals surface area contributed by atoms with E-state index in [9.17, 15) is 9.59 Å². The smallest absolute Gasteiger partial charge is 0.317 e. The Balaban J connectivity index is 2.19. The molecule has 0 bridgehead atoms. The first kappa shape index (κ1) is 15.3. The van der Waals surface area contributed by atoms with Crippen LogP contribution in [0.5, 0.6) is 5.75 Å². The van der Waals surface area contributed by atoms with Gasteiger partial charge in [-0.15, -0.1) is 0 Å². The number of carboxylic acids is 1. The summed E-state index contributed by atoms with van der Waals surface area (Å²) in [5, 5.41) is 12.1. The van der Waals surface area contributed by atoms with Crippen molar-refractivity contribution in [3.8, 4) is 5.75 Å². The second-order valence-electron chi connectivity index (χ2n) is 5.08. The van der Waals surface area contributed by atoms with Crippen LogP contribution < -0.4 is 10.1 Å². The zero-order valence-corrected chi connectivity index (χ0v) is 12.3. The molecule has 0 spiro atoms. The number of carboxylic acid groups (broad SMARTS) is 1. The molecule has 1 aromatic rings. The molecule has 0 aliphatic carbocycles. The van der Waals surface area contributed by atoms with Gasteiger partial charge < -0.3 is 15.2 Å². The largest absolute Gasteiger partial charge is 0.490 e. The molecule has 1 aliphatic heterocycles. The van der Waals surface area contributed by atoms with Crippen LogP contribution >= 0.6 is 0 Å². The second kappa shape index (κ2) is 6.58. The summed E-state index contributed by atoms with van der Waals surface area (Å²) in [6.45, 7) is 3.04. The Bertz CT molecular complexity index is 544. The lowest BCUT2D eigenvalue weighted by Crippen LogP contribution is -2.41. The van der Waals surface area contributed by atoms with E-state index in [0.717, 1.165) is 11.4 Å². The van der Waals surface area contributed by atoms with Gasteiger partial charge in [-0.3, -0.25) is 14.5 Å². The molecule has 1 unspecified atom stereocenters. The van der Waals surface area contributed by atoms with Gasteiger partial charge in [0.2, 0.25) is 0 Å². The fourth-order valence-corrected chi connectivity index (χ4v) is 2.51. The van der Waals surface area contributed by atoms with Crippen LogP contribution in [-0.4, -0.2) is 54.5 Å². The van der Waals surface area contributed by atoms with Crippen LogP contribution in [0.2, 0.25) is 0 Å². The van der Waals surface area contributed by atoms with E-state index in [0.29, 0.717) is 25.1 Å². The zero-order chi connectivity index (χ0) is 15.4. The summed E-state index contributed by atoms with van der Waals surface area (Å²) < 4.78 is 5.48. The van der Waals surface area contributed by atoms with E-state index in [1.165, 1.54) is 0 Å². The number of benzene rings is 1. The molecule has 0 saturated heterocycles.